The number of anilines is 1. The van der Waals surface area contributed by atoms with Crippen LogP contribution in [0.3, 0.4) is 0 Å². The van der Waals surface area contributed by atoms with Crippen LogP contribution in [0.5, 0.6) is 0 Å². The van der Waals surface area contributed by atoms with Gasteiger partial charge >= 0.3 is 0 Å². The highest BCUT2D eigenvalue weighted by atomic mass is 19.1. The lowest BCUT2D eigenvalue weighted by atomic mass is 10.1. The first-order chi connectivity index (χ1) is 8.66. The zero-order valence-electron chi connectivity index (χ0n) is 9.69. The fraction of sp³-hybridized carbons (Fsp3) is 0.333. The summed E-state index contributed by atoms with van der Waals surface area (Å²) in [5, 5.41) is 2.79. The summed E-state index contributed by atoms with van der Waals surface area (Å²) in [4.78, 5) is 16.0. The molecule has 1 saturated heterocycles. The van der Waals surface area contributed by atoms with Gasteiger partial charge in [0.25, 0.3) is 0 Å². The number of nitrogens with zero attached hydrogens (tertiary/aromatic N) is 2. The smallest absolute Gasteiger partial charge is 0.243 e. The van der Waals surface area contributed by atoms with Gasteiger partial charge in [-0.05, 0) is 31.0 Å². The summed E-state index contributed by atoms with van der Waals surface area (Å²) in [6.07, 6.45) is 1.57. The van der Waals surface area contributed by atoms with Gasteiger partial charge in [0.2, 0.25) is 11.9 Å². The molecule has 0 radical (unpaired) electrons. The molecule has 18 heavy (non-hydrogen) atoms. The van der Waals surface area contributed by atoms with Gasteiger partial charge in [-0.2, -0.15) is 0 Å². The Labute approximate surface area is 103 Å². The number of hydrogen-bond donors (Lipinski definition) is 2. The van der Waals surface area contributed by atoms with Crippen molar-refractivity contribution in [3.63, 3.8) is 0 Å². The largest absolute Gasteiger partial charge is 0.369 e. The molecule has 3 rings (SSSR count). The number of fused-ring (bicyclic) bond motifs is 1. The van der Waals surface area contributed by atoms with Crippen LogP contribution in [-0.4, -0.2) is 22.0 Å². The Bertz CT molecular complexity index is 622. The standard InChI is InChI=1S/C12H13FN4O/c13-7-3-4-8-10(6-7)17(12(14)16-8)9-2-1-5-15-11(9)18/h3-4,6,9H,1-2,5H2,(H2,14,16)(H,15,18). The second-order valence-corrected chi connectivity index (χ2v) is 4.42. The summed E-state index contributed by atoms with van der Waals surface area (Å²) in [5.74, 6) is -0.200. The molecule has 0 saturated carbocycles. The van der Waals surface area contributed by atoms with Gasteiger partial charge in [-0.3, -0.25) is 9.36 Å². The normalized spacial score (nSPS) is 20.1. The van der Waals surface area contributed by atoms with Crippen LogP contribution >= 0.6 is 0 Å². The molecule has 5 nitrogen and oxygen atoms in total. The lowest BCUT2D eigenvalue weighted by Gasteiger charge is -2.24. The number of imidazole rings is 1. The van der Waals surface area contributed by atoms with Crippen molar-refractivity contribution in [2.75, 3.05) is 12.3 Å². The molecule has 2 heterocycles. The molecule has 6 heteroatoms. The molecule has 1 aliphatic rings. The molecule has 1 amide bonds. The summed E-state index contributed by atoms with van der Waals surface area (Å²) in [6, 6.07) is 3.87. The van der Waals surface area contributed by atoms with Gasteiger partial charge in [-0.1, -0.05) is 0 Å². The van der Waals surface area contributed by atoms with E-state index in [4.69, 9.17) is 5.73 Å². The van der Waals surface area contributed by atoms with E-state index in [1.807, 2.05) is 0 Å². The zero-order chi connectivity index (χ0) is 12.7. The minimum Gasteiger partial charge on any atom is -0.369 e. The number of hydrogen-bond acceptors (Lipinski definition) is 3. The zero-order valence-corrected chi connectivity index (χ0v) is 9.69. The third-order valence-electron chi connectivity index (χ3n) is 3.25. The fourth-order valence-corrected chi connectivity index (χ4v) is 2.41. The molecule has 1 atom stereocenters. The highest BCUT2D eigenvalue weighted by Gasteiger charge is 2.27. The maximum absolute atomic E-state index is 13.3. The van der Waals surface area contributed by atoms with Crippen LogP contribution in [0.4, 0.5) is 10.3 Å². The Kier molecular flexibility index (Phi) is 2.43. The molecule has 2 aromatic rings. The third kappa shape index (κ3) is 1.61. The number of nitrogens with one attached hydrogen (secondary N) is 1. The molecule has 0 aliphatic carbocycles. The predicted octanol–water partition coefficient (Wildman–Crippen LogP) is 1.21. The van der Waals surface area contributed by atoms with Gasteiger partial charge in [0.05, 0.1) is 11.0 Å². The maximum Gasteiger partial charge on any atom is 0.243 e. The summed E-state index contributed by atoms with van der Waals surface area (Å²) in [7, 11) is 0. The predicted molar refractivity (Wildman–Crippen MR) is 65.4 cm³/mol. The van der Waals surface area contributed by atoms with Crippen molar-refractivity contribution in [2.24, 2.45) is 0 Å². The van der Waals surface area contributed by atoms with Crippen molar-refractivity contribution in [3.05, 3.63) is 24.0 Å². The van der Waals surface area contributed by atoms with Crippen molar-refractivity contribution in [1.82, 2.24) is 14.9 Å². The van der Waals surface area contributed by atoms with Crippen molar-refractivity contribution < 1.29 is 9.18 Å². The summed E-state index contributed by atoms with van der Waals surface area (Å²) >= 11 is 0. The molecule has 1 aromatic carbocycles. The highest BCUT2D eigenvalue weighted by Crippen LogP contribution is 2.27. The quantitative estimate of drug-likeness (QED) is 0.796. The Morgan fingerprint density at radius 1 is 1.50 bits per heavy atom. The Morgan fingerprint density at radius 2 is 2.33 bits per heavy atom. The van der Waals surface area contributed by atoms with Gasteiger partial charge in [-0.25, -0.2) is 9.37 Å². The van der Waals surface area contributed by atoms with Crippen molar-refractivity contribution in [1.29, 1.82) is 0 Å². The topological polar surface area (TPSA) is 72.9 Å². The highest BCUT2D eigenvalue weighted by molar-refractivity contribution is 5.86. The number of nitrogen functional groups attached to an aromatic ring is 1. The molecule has 94 valence electrons. The van der Waals surface area contributed by atoms with E-state index in [0.29, 0.717) is 24.0 Å². The van der Waals surface area contributed by atoms with Crippen LogP contribution in [0, 0.1) is 5.82 Å². The first-order valence-electron chi connectivity index (χ1n) is 5.87. The average Bonchev–Trinajstić information content (AvgIpc) is 2.66. The van der Waals surface area contributed by atoms with Gasteiger partial charge in [0.1, 0.15) is 11.9 Å². The number of rotatable bonds is 1. The Balaban J connectivity index is 2.17. The number of carbonyl (C=O) groups is 1. The van der Waals surface area contributed by atoms with E-state index in [0.717, 1.165) is 6.42 Å². The van der Waals surface area contributed by atoms with Crippen LogP contribution < -0.4 is 11.1 Å². The van der Waals surface area contributed by atoms with E-state index in [9.17, 15) is 9.18 Å². The van der Waals surface area contributed by atoms with Gasteiger partial charge in [0.15, 0.2) is 0 Å². The minimum atomic E-state index is -0.398. The maximum atomic E-state index is 13.3. The lowest BCUT2D eigenvalue weighted by molar-refractivity contribution is -0.125. The monoisotopic (exact) mass is 248 g/mol. The number of nitrogens with two attached hydrogens (primary N) is 1. The molecular formula is C12H13FN4O. The SMILES string of the molecule is Nc1nc2ccc(F)cc2n1C1CCCNC1=O. The van der Waals surface area contributed by atoms with E-state index in [1.54, 1.807) is 10.6 Å². The van der Waals surface area contributed by atoms with Gasteiger partial charge in [0, 0.05) is 6.54 Å². The first kappa shape index (κ1) is 11.0. The van der Waals surface area contributed by atoms with Crippen LogP contribution in [0.1, 0.15) is 18.9 Å². The molecule has 0 spiro atoms. The van der Waals surface area contributed by atoms with Crippen LogP contribution in [0.15, 0.2) is 18.2 Å². The second-order valence-electron chi connectivity index (χ2n) is 4.42. The first-order valence-corrected chi connectivity index (χ1v) is 5.87. The molecular weight excluding hydrogens is 235 g/mol. The van der Waals surface area contributed by atoms with E-state index in [-0.39, 0.29) is 17.7 Å². The van der Waals surface area contributed by atoms with Crippen molar-refractivity contribution >= 4 is 22.9 Å². The van der Waals surface area contributed by atoms with E-state index < -0.39 is 6.04 Å². The summed E-state index contributed by atoms with van der Waals surface area (Å²) in [6.45, 7) is 0.677. The molecule has 1 aromatic heterocycles. The van der Waals surface area contributed by atoms with Crippen LogP contribution in [0.25, 0.3) is 11.0 Å². The number of carbonyl (C=O) groups excluding carboxylic acids is 1. The van der Waals surface area contributed by atoms with E-state index >= 15 is 0 Å². The summed E-state index contributed by atoms with van der Waals surface area (Å²) in [5.41, 5.74) is 7.01. The number of amides is 1. The van der Waals surface area contributed by atoms with Crippen LogP contribution in [-0.2, 0) is 4.79 Å². The number of benzene rings is 1. The van der Waals surface area contributed by atoms with Gasteiger partial charge in [-0.15, -0.1) is 0 Å². The number of aromatic nitrogens is 2. The van der Waals surface area contributed by atoms with Crippen LogP contribution in [0.2, 0.25) is 0 Å². The van der Waals surface area contributed by atoms with Crippen molar-refractivity contribution in [2.45, 2.75) is 18.9 Å². The number of piperidine rings is 1. The van der Waals surface area contributed by atoms with Crippen molar-refractivity contribution in [3.8, 4) is 0 Å². The Hall–Kier alpha value is -2.11. The van der Waals surface area contributed by atoms with E-state index in [2.05, 4.69) is 10.3 Å². The van der Waals surface area contributed by atoms with Gasteiger partial charge < -0.3 is 11.1 Å². The van der Waals surface area contributed by atoms with E-state index in [1.165, 1.54) is 12.1 Å². The average molecular weight is 248 g/mol. The third-order valence-corrected chi connectivity index (χ3v) is 3.25. The molecule has 3 N–H and O–H groups in total. The molecule has 1 fully saturated rings. The fourth-order valence-electron chi connectivity index (χ4n) is 2.41. The molecule has 1 aliphatic heterocycles. The molecule has 1 unspecified atom stereocenters. The molecule has 0 bridgehead atoms. The number of halogens is 1. The Morgan fingerprint density at radius 3 is 3.11 bits per heavy atom. The summed E-state index contributed by atoms with van der Waals surface area (Å²) < 4.78 is 14.9. The minimum absolute atomic E-state index is 0.0866. The second kappa shape index (κ2) is 3.97. The lowest BCUT2D eigenvalue weighted by Crippen LogP contribution is -2.38.